The first-order valence-corrected chi connectivity index (χ1v) is 6.66. The van der Waals surface area contributed by atoms with Crippen molar-refractivity contribution in [3.63, 3.8) is 0 Å². The average Bonchev–Trinajstić information content (AvgIpc) is 2.28. The summed E-state index contributed by atoms with van der Waals surface area (Å²) in [5, 5.41) is 6.77. The van der Waals surface area contributed by atoms with Crippen LogP contribution in [0.1, 0.15) is 38.7 Å². The van der Waals surface area contributed by atoms with Crippen LogP contribution in [0.4, 0.5) is 11.6 Å². The van der Waals surface area contributed by atoms with Crippen LogP contribution in [0.2, 0.25) is 0 Å². The van der Waals surface area contributed by atoms with E-state index in [4.69, 9.17) is 0 Å². The van der Waals surface area contributed by atoms with E-state index in [2.05, 4.69) is 34.4 Å². The van der Waals surface area contributed by atoms with Crippen LogP contribution in [-0.4, -0.2) is 23.1 Å². The molecule has 0 unspecified atom stereocenters. The van der Waals surface area contributed by atoms with Crippen molar-refractivity contribution in [1.82, 2.24) is 9.97 Å². The number of hydrogen-bond acceptors (Lipinski definition) is 4. The summed E-state index contributed by atoms with van der Waals surface area (Å²) in [4.78, 5) is 8.66. The van der Waals surface area contributed by atoms with Crippen LogP contribution in [0.5, 0.6) is 0 Å². The minimum Gasteiger partial charge on any atom is -0.370 e. The molecule has 1 fully saturated rings. The molecule has 1 saturated carbocycles. The monoisotopic (exact) mass is 234 g/mol. The molecule has 0 radical (unpaired) electrons. The standard InChI is InChI=1S/C13H22N4/c1-3-11-12(14-4-2)16-9-17-13(11)15-8-10-6-5-7-10/h9-10H,3-8H2,1-2H3,(H2,14,15,16,17). The third kappa shape index (κ3) is 2.87. The molecule has 0 amide bonds. The van der Waals surface area contributed by atoms with E-state index >= 15 is 0 Å². The molecular weight excluding hydrogens is 212 g/mol. The molecule has 17 heavy (non-hydrogen) atoms. The van der Waals surface area contributed by atoms with Crippen molar-refractivity contribution < 1.29 is 0 Å². The summed E-state index contributed by atoms with van der Waals surface area (Å²) in [5.74, 6) is 2.82. The molecule has 1 aliphatic carbocycles. The van der Waals surface area contributed by atoms with E-state index < -0.39 is 0 Å². The van der Waals surface area contributed by atoms with E-state index in [-0.39, 0.29) is 0 Å². The molecule has 0 saturated heterocycles. The maximum absolute atomic E-state index is 4.36. The van der Waals surface area contributed by atoms with Crippen molar-refractivity contribution in [3.8, 4) is 0 Å². The number of anilines is 2. The summed E-state index contributed by atoms with van der Waals surface area (Å²) in [5.41, 5.74) is 1.20. The Balaban J connectivity index is 2.05. The van der Waals surface area contributed by atoms with Gasteiger partial charge in [0.25, 0.3) is 0 Å². The van der Waals surface area contributed by atoms with Gasteiger partial charge in [-0.1, -0.05) is 13.3 Å². The molecule has 1 aromatic heterocycles. The fourth-order valence-electron chi connectivity index (χ4n) is 2.16. The second kappa shape index (κ2) is 5.84. The van der Waals surface area contributed by atoms with Gasteiger partial charge in [-0.2, -0.15) is 0 Å². The molecule has 0 bridgehead atoms. The first kappa shape index (κ1) is 12.1. The Bertz CT molecular complexity index is 360. The van der Waals surface area contributed by atoms with Gasteiger partial charge >= 0.3 is 0 Å². The van der Waals surface area contributed by atoms with Crippen molar-refractivity contribution in [2.75, 3.05) is 23.7 Å². The second-order valence-corrected chi connectivity index (χ2v) is 4.61. The van der Waals surface area contributed by atoms with Crippen molar-refractivity contribution in [2.24, 2.45) is 5.92 Å². The fourth-order valence-corrected chi connectivity index (χ4v) is 2.16. The Hall–Kier alpha value is -1.32. The smallest absolute Gasteiger partial charge is 0.134 e. The van der Waals surface area contributed by atoms with Crippen LogP contribution in [0.15, 0.2) is 6.33 Å². The molecule has 1 aromatic rings. The Morgan fingerprint density at radius 1 is 1.18 bits per heavy atom. The summed E-state index contributed by atoms with van der Waals surface area (Å²) in [7, 11) is 0. The van der Waals surface area contributed by atoms with E-state index in [1.807, 2.05) is 0 Å². The van der Waals surface area contributed by atoms with Crippen LogP contribution < -0.4 is 10.6 Å². The average molecular weight is 234 g/mol. The first-order valence-electron chi connectivity index (χ1n) is 6.66. The lowest BCUT2D eigenvalue weighted by Crippen LogP contribution is -2.22. The topological polar surface area (TPSA) is 49.8 Å². The van der Waals surface area contributed by atoms with Crippen molar-refractivity contribution in [2.45, 2.75) is 39.5 Å². The molecule has 1 aliphatic rings. The molecule has 4 heteroatoms. The number of nitrogens with one attached hydrogen (secondary N) is 2. The van der Waals surface area contributed by atoms with Crippen LogP contribution in [-0.2, 0) is 6.42 Å². The zero-order valence-electron chi connectivity index (χ0n) is 10.8. The molecule has 1 heterocycles. The quantitative estimate of drug-likeness (QED) is 0.794. The van der Waals surface area contributed by atoms with Crippen LogP contribution in [0.3, 0.4) is 0 Å². The van der Waals surface area contributed by atoms with E-state index in [1.54, 1.807) is 6.33 Å². The highest BCUT2D eigenvalue weighted by molar-refractivity contribution is 5.57. The lowest BCUT2D eigenvalue weighted by atomic mass is 9.85. The Morgan fingerprint density at radius 3 is 2.41 bits per heavy atom. The first-order chi connectivity index (χ1) is 8.35. The molecule has 2 rings (SSSR count). The molecular formula is C13H22N4. The third-order valence-corrected chi connectivity index (χ3v) is 3.43. The van der Waals surface area contributed by atoms with Gasteiger partial charge in [0.1, 0.15) is 18.0 Å². The molecule has 94 valence electrons. The SMILES string of the molecule is CCNc1ncnc(NCC2CCC2)c1CC. The van der Waals surface area contributed by atoms with E-state index in [0.717, 1.165) is 37.1 Å². The molecule has 0 aromatic carbocycles. The lowest BCUT2D eigenvalue weighted by Gasteiger charge is -2.26. The molecule has 0 atom stereocenters. The molecule has 2 N–H and O–H groups in total. The summed E-state index contributed by atoms with van der Waals surface area (Å²) in [6.45, 7) is 6.18. The highest BCUT2D eigenvalue weighted by Crippen LogP contribution is 2.27. The maximum atomic E-state index is 4.36. The summed E-state index contributed by atoms with van der Waals surface area (Å²) in [6, 6.07) is 0. The number of rotatable bonds is 6. The maximum Gasteiger partial charge on any atom is 0.134 e. The number of aromatic nitrogens is 2. The Kier molecular flexibility index (Phi) is 4.18. The zero-order chi connectivity index (χ0) is 12.1. The van der Waals surface area contributed by atoms with Gasteiger partial charge in [-0.25, -0.2) is 9.97 Å². The minimum atomic E-state index is 0.845. The van der Waals surface area contributed by atoms with Crippen LogP contribution in [0.25, 0.3) is 0 Å². The van der Waals surface area contributed by atoms with Gasteiger partial charge in [-0.15, -0.1) is 0 Å². The van der Waals surface area contributed by atoms with Crippen molar-refractivity contribution in [1.29, 1.82) is 0 Å². The third-order valence-electron chi connectivity index (χ3n) is 3.43. The summed E-state index contributed by atoms with van der Waals surface area (Å²) < 4.78 is 0. The minimum absolute atomic E-state index is 0.845. The van der Waals surface area contributed by atoms with Crippen molar-refractivity contribution >= 4 is 11.6 Å². The zero-order valence-corrected chi connectivity index (χ0v) is 10.8. The number of hydrogen-bond donors (Lipinski definition) is 2. The highest BCUT2D eigenvalue weighted by atomic mass is 15.1. The van der Waals surface area contributed by atoms with Gasteiger partial charge < -0.3 is 10.6 Å². The van der Waals surface area contributed by atoms with Gasteiger partial charge in [-0.05, 0) is 32.1 Å². The summed E-state index contributed by atoms with van der Waals surface area (Å²) >= 11 is 0. The largest absolute Gasteiger partial charge is 0.370 e. The summed E-state index contributed by atoms with van der Waals surface area (Å²) in [6.07, 6.45) is 6.70. The normalized spacial score (nSPS) is 15.4. The van der Waals surface area contributed by atoms with Gasteiger partial charge in [0.05, 0.1) is 0 Å². The predicted octanol–water partition coefficient (Wildman–Crippen LogP) is 2.68. The van der Waals surface area contributed by atoms with Crippen molar-refractivity contribution in [3.05, 3.63) is 11.9 Å². The molecule has 4 nitrogen and oxygen atoms in total. The van der Waals surface area contributed by atoms with Gasteiger partial charge in [0.2, 0.25) is 0 Å². The Morgan fingerprint density at radius 2 is 1.88 bits per heavy atom. The second-order valence-electron chi connectivity index (χ2n) is 4.61. The van der Waals surface area contributed by atoms with Crippen LogP contribution in [0, 0.1) is 5.92 Å². The molecule has 0 spiro atoms. The lowest BCUT2D eigenvalue weighted by molar-refractivity contribution is 0.333. The fraction of sp³-hybridized carbons (Fsp3) is 0.692. The van der Waals surface area contributed by atoms with Gasteiger partial charge in [-0.3, -0.25) is 0 Å². The van der Waals surface area contributed by atoms with Crippen LogP contribution >= 0.6 is 0 Å². The van der Waals surface area contributed by atoms with E-state index in [9.17, 15) is 0 Å². The van der Waals surface area contributed by atoms with E-state index in [1.165, 1.54) is 24.8 Å². The Labute approximate surface area is 103 Å². The number of nitrogens with zero attached hydrogens (tertiary/aromatic N) is 2. The van der Waals surface area contributed by atoms with E-state index in [0.29, 0.717) is 0 Å². The molecule has 0 aliphatic heterocycles. The van der Waals surface area contributed by atoms with Gasteiger partial charge in [0.15, 0.2) is 0 Å². The highest BCUT2D eigenvalue weighted by Gasteiger charge is 2.18. The van der Waals surface area contributed by atoms with Gasteiger partial charge in [0, 0.05) is 18.7 Å². The predicted molar refractivity (Wildman–Crippen MR) is 71.4 cm³/mol.